The van der Waals surface area contributed by atoms with Crippen molar-refractivity contribution in [2.24, 2.45) is 0 Å². The molecule has 1 atom stereocenters. The third-order valence-electron chi connectivity index (χ3n) is 2.95. The second kappa shape index (κ2) is 10.0. The van der Waals surface area contributed by atoms with Crippen molar-refractivity contribution in [3.05, 3.63) is 60.6 Å². The van der Waals surface area contributed by atoms with Crippen LogP contribution in [-0.2, 0) is 18.9 Å². The highest BCUT2D eigenvalue weighted by molar-refractivity contribution is 5.27. The van der Waals surface area contributed by atoms with Crippen LogP contribution in [0.5, 0.6) is 0 Å². The molecule has 1 aromatic carbocycles. The first-order valence-electron chi connectivity index (χ1n) is 7.60. The molecule has 0 aliphatic carbocycles. The van der Waals surface area contributed by atoms with Crippen LogP contribution in [0.2, 0.25) is 0 Å². The average molecular weight is 306 g/mol. The molecule has 122 valence electrons. The lowest BCUT2D eigenvalue weighted by Gasteiger charge is -2.20. The minimum Gasteiger partial charge on any atom is -0.466 e. The van der Waals surface area contributed by atoms with E-state index in [9.17, 15) is 0 Å². The van der Waals surface area contributed by atoms with E-state index in [2.05, 4.69) is 13.2 Å². The van der Waals surface area contributed by atoms with E-state index in [0.717, 1.165) is 11.1 Å². The van der Waals surface area contributed by atoms with E-state index in [4.69, 9.17) is 18.9 Å². The number of benzene rings is 1. The molecule has 0 aliphatic heterocycles. The van der Waals surface area contributed by atoms with E-state index in [1.807, 2.05) is 45.0 Å². The number of hydrogen-bond acceptors (Lipinski definition) is 4. The molecular weight excluding hydrogens is 280 g/mol. The summed E-state index contributed by atoms with van der Waals surface area (Å²) < 4.78 is 22.0. The first kappa shape index (κ1) is 18.3. The number of ether oxygens (including phenoxy) is 4. The van der Waals surface area contributed by atoms with Gasteiger partial charge in [-0.3, -0.25) is 0 Å². The summed E-state index contributed by atoms with van der Waals surface area (Å²) in [6.07, 6.45) is 1.07. The van der Waals surface area contributed by atoms with Gasteiger partial charge in [-0.2, -0.15) is 0 Å². The smallest absolute Gasteiger partial charge is 0.272 e. The summed E-state index contributed by atoms with van der Waals surface area (Å²) in [6, 6.07) is 7.86. The maximum absolute atomic E-state index is 5.62. The second-order valence-electron chi connectivity index (χ2n) is 4.49. The van der Waals surface area contributed by atoms with Gasteiger partial charge in [0.15, 0.2) is 6.29 Å². The van der Waals surface area contributed by atoms with E-state index in [-0.39, 0.29) is 18.3 Å². The molecule has 1 rings (SSSR count). The van der Waals surface area contributed by atoms with Crippen LogP contribution in [0.1, 0.15) is 44.3 Å². The van der Waals surface area contributed by atoms with Crippen molar-refractivity contribution in [3.63, 3.8) is 0 Å². The van der Waals surface area contributed by atoms with Crippen molar-refractivity contribution in [2.75, 3.05) is 19.8 Å². The summed E-state index contributed by atoms with van der Waals surface area (Å²) in [7, 11) is 0. The summed E-state index contributed by atoms with van der Waals surface area (Å²) in [5, 5.41) is 0. The van der Waals surface area contributed by atoms with Gasteiger partial charge < -0.3 is 18.9 Å². The zero-order valence-corrected chi connectivity index (χ0v) is 13.7. The van der Waals surface area contributed by atoms with Crippen molar-refractivity contribution in [2.45, 2.75) is 33.2 Å². The molecule has 0 spiro atoms. The van der Waals surface area contributed by atoms with Crippen molar-refractivity contribution >= 4 is 0 Å². The lowest BCUT2D eigenvalue weighted by molar-refractivity contribution is -0.140. The van der Waals surface area contributed by atoms with E-state index >= 15 is 0 Å². The van der Waals surface area contributed by atoms with Gasteiger partial charge in [-0.05, 0) is 39.0 Å². The fourth-order valence-corrected chi connectivity index (χ4v) is 1.97. The quantitative estimate of drug-likeness (QED) is 0.342. The molecule has 0 saturated heterocycles. The van der Waals surface area contributed by atoms with Crippen LogP contribution in [0.3, 0.4) is 0 Å². The summed E-state index contributed by atoms with van der Waals surface area (Å²) in [6.45, 7) is 15.0. The predicted molar refractivity (Wildman–Crippen MR) is 87.2 cm³/mol. The Balaban J connectivity index is 2.80. The van der Waals surface area contributed by atoms with Crippen molar-refractivity contribution in [1.82, 2.24) is 0 Å². The van der Waals surface area contributed by atoms with Crippen LogP contribution in [0, 0.1) is 0 Å². The van der Waals surface area contributed by atoms with Crippen molar-refractivity contribution < 1.29 is 18.9 Å². The van der Waals surface area contributed by atoms with Crippen LogP contribution < -0.4 is 0 Å². The minimum atomic E-state index is -0.342. The Morgan fingerprint density at radius 1 is 1.00 bits per heavy atom. The Labute approximate surface area is 133 Å². The fraction of sp³-hybridized carbons (Fsp3) is 0.444. The third-order valence-corrected chi connectivity index (χ3v) is 2.95. The van der Waals surface area contributed by atoms with Gasteiger partial charge >= 0.3 is 0 Å². The first-order chi connectivity index (χ1) is 10.7. The van der Waals surface area contributed by atoms with Gasteiger partial charge in [-0.15, -0.1) is 0 Å². The summed E-state index contributed by atoms with van der Waals surface area (Å²) in [5.41, 5.74) is 1.94. The molecule has 0 radical (unpaired) electrons. The molecule has 0 fully saturated rings. The maximum Gasteiger partial charge on any atom is 0.272 e. The fourth-order valence-electron chi connectivity index (χ4n) is 1.97. The van der Waals surface area contributed by atoms with E-state index in [1.54, 1.807) is 6.08 Å². The van der Waals surface area contributed by atoms with Gasteiger partial charge in [0.1, 0.15) is 6.10 Å². The molecule has 0 aromatic heterocycles. The van der Waals surface area contributed by atoms with E-state index in [1.165, 1.54) is 0 Å². The van der Waals surface area contributed by atoms with Gasteiger partial charge in [0.2, 0.25) is 0 Å². The molecule has 0 amide bonds. The molecule has 4 nitrogen and oxygen atoms in total. The average Bonchev–Trinajstić information content (AvgIpc) is 2.53. The molecule has 1 unspecified atom stereocenters. The van der Waals surface area contributed by atoms with Gasteiger partial charge in [0, 0.05) is 18.8 Å². The SMILES string of the molecule is C=CC(OC(=C)OCC)c1ccc(C(OCC)OCC)cc1. The first-order valence-corrected chi connectivity index (χ1v) is 7.60. The zero-order valence-electron chi connectivity index (χ0n) is 13.7. The molecule has 0 bridgehead atoms. The van der Waals surface area contributed by atoms with Gasteiger partial charge in [-0.25, -0.2) is 0 Å². The maximum atomic E-state index is 5.62. The third kappa shape index (κ3) is 5.54. The van der Waals surface area contributed by atoms with Gasteiger partial charge in [0.05, 0.1) is 6.61 Å². The largest absolute Gasteiger partial charge is 0.466 e. The van der Waals surface area contributed by atoms with Crippen LogP contribution in [-0.4, -0.2) is 19.8 Å². The topological polar surface area (TPSA) is 36.9 Å². The molecule has 0 heterocycles. The zero-order chi connectivity index (χ0) is 16.4. The van der Waals surface area contributed by atoms with Crippen LogP contribution in [0.15, 0.2) is 49.4 Å². The number of hydrogen-bond donors (Lipinski definition) is 0. The molecule has 0 saturated carbocycles. The minimum absolute atomic E-state index is 0.290. The monoisotopic (exact) mass is 306 g/mol. The molecule has 1 aromatic rings. The number of rotatable bonds is 11. The Morgan fingerprint density at radius 3 is 2.00 bits per heavy atom. The standard InChI is InChI=1S/C18H26O4/c1-6-17(22-14(5)19-7-2)15-10-12-16(13-11-15)18(20-8-3)21-9-4/h6,10-13,17-18H,1,5,7-9H2,2-4H3. The molecule has 0 aliphatic rings. The molecule has 4 heteroatoms. The highest BCUT2D eigenvalue weighted by Gasteiger charge is 2.14. The van der Waals surface area contributed by atoms with Gasteiger partial charge in [-0.1, -0.05) is 30.8 Å². The van der Waals surface area contributed by atoms with Crippen LogP contribution >= 0.6 is 0 Å². The second-order valence-corrected chi connectivity index (χ2v) is 4.49. The summed E-state index contributed by atoms with van der Waals surface area (Å²) in [4.78, 5) is 0. The Morgan fingerprint density at radius 2 is 1.55 bits per heavy atom. The lowest BCUT2D eigenvalue weighted by atomic mass is 10.1. The van der Waals surface area contributed by atoms with Gasteiger partial charge in [0.25, 0.3) is 5.95 Å². The summed E-state index contributed by atoms with van der Waals surface area (Å²) >= 11 is 0. The van der Waals surface area contributed by atoms with E-state index < -0.39 is 0 Å². The lowest BCUT2D eigenvalue weighted by Crippen LogP contribution is -2.09. The van der Waals surface area contributed by atoms with Crippen LogP contribution in [0.25, 0.3) is 0 Å². The highest BCUT2D eigenvalue weighted by Crippen LogP contribution is 2.25. The van der Waals surface area contributed by atoms with Crippen molar-refractivity contribution in [3.8, 4) is 0 Å². The Kier molecular flexibility index (Phi) is 8.33. The molecular formula is C18H26O4. The van der Waals surface area contributed by atoms with Crippen molar-refractivity contribution in [1.29, 1.82) is 0 Å². The Bertz CT molecular complexity index is 447. The molecule has 0 N–H and O–H groups in total. The highest BCUT2D eigenvalue weighted by atomic mass is 16.7. The normalized spacial score (nSPS) is 12.0. The summed E-state index contributed by atoms with van der Waals surface area (Å²) in [5.74, 6) is 0.290. The van der Waals surface area contributed by atoms with E-state index in [0.29, 0.717) is 19.8 Å². The van der Waals surface area contributed by atoms with Crippen LogP contribution in [0.4, 0.5) is 0 Å². The Hall–Kier alpha value is -1.78. The molecule has 22 heavy (non-hydrogen) atoms. The predicted octanol–water partition coefficient (Wildman–Crippen LogP) is 4.51.